The number of nitriles is 1. The normalized spacial score (nSPS) is 20.5. The Balaban J connectivity index is 1.38. The molecule has 2 atom stereocenters. The number of methoxy groups -OCH3 is 1. The zero-order valence-electron chi connectivity index (χ0n) is 17.2. The summed E-state index contributed by atoms with van der Waals surface area (Å²) < 4.78 is 34.1. The quantitative estimate of drug-likeness (QED) is 0.705. The number of halogens is 2. The molecule has 2 aliphatic heterocycles. The van der Waals surface area contributed by atoms with E-state index >= 15 is 0 Å². The predicted octanol–water partition coefficient (Wildman–Crippen LogP) is 3.11. The SMILES string of the molecule is COc1cccc(C(F)(F)CCC(=O)N2CC3CCC(C2)N3c2ccc(C#N)cn2)n1. The van der Waals surface area contributed by atoms with Crippen molar-refractivity contribution in [1.82, 2.24) is 14.9 Å². The number of rotatable bonds is 6. The highest BCUT2D eigenvalue weighted by Crippen LogP contribution is 2.36. The number of fused-ring (bicyclic) bond motifs is 2. The number of hydrogen-bond donors (Lipinski definition) is 0. The first kappa shape index (κ1) is 21.0. The number of piperazine rings is 1. The summed E-state index contributed by atoms with van der Waals surface area (Å²) in [5.74, 6) is -2.58. The number of carbonyl (C=O) groups is 1. The van der Waals surface area contributed by atoms with Crippen LogP contribution in [0.2, 0.25) is 0 Å². The van der Waals surface area contributed by atoms with Crippen LogP contribution in [0.5, 0.6) is 5.88 Å². The molecule has 0 spiro atoms. The summed E-state index contributed by atoms with van der Waals surface area (Å²) in [6, 6.07) is 10.0. The van der Waals surface area contributed by atoms with Crippen LogP contribution in [-0.2, 0) is 10.7 Å². The van der Waals surface area contributed by atoms with Gasteiger partial charge in [-0.25, -0.2) is 9.97 Å². The molecule has 2 fully saturated rings. The molecule has 2 aliphatic rings. The minimum absolute atomic E-state index is 0.101. The Bertz CT molecular complexity index is 978. The maximum Gasteiger partial charge on any atom is 0.290 e. The highest BCUT2D eigenvalue weighted by atomic mass is 19.3. The number of carbonyl (C=O) groups excluding carboxylic acids is 1. The topological polar surface area (TPSA) is 82.4 Å². The van der Waals surface area contributed by atoms with E-state index in [0.717, 1.165) is 18.7 Å². The zero-order valence-corrected chi connectivity index (χ0v) is 17.2. The second-order valence-corrected chi connectivity index (χ2v) is 7.88. The lowest BCUT2D eigenvalue weighted by Gasteiger charge is -2.42. The van der Waals surface area contributed by atoms with Crippen molar-refractivity contribution >= 4 is 11.7 Å². The van der Waals surface area contributed by atoms with Crippen LogP contribution in [0.25, 0.3) is 0 Å². The van der Waals surface area contributed by atoms with Gasteiger partial charge in [-0.1, -0.05) is 6.07 Å². The zero-order chi connectivity index (χ0) is 22.0. The average molecular weight is 427 g/mol. The summed E-state index contributed by atoms with van der Waals surface area (Å²) in [5, 5.41) is 8.95. The van der Waals surface area contributed by atoms with E-state index in [9.17, 15) is 13.6 Å². The molecule has 4 rings (SSSR count). The van der Waals surface area contributed by atoms with Crippen LogP contribution in [0.4, 0.5) is 14.6 Å². The van der Waals surface area contributed by atoms with Crippen LogP contribution in [0.15, 0.2) is 36.5 Å². The molecule has 4 heterocycles. The maximum absolute atomic E-state index is 14.6. The van der Waals surface area contributed by atoms with Gasteiger partial charge < -0.3 is 14.5 Å². The molecule has 31 heavy (non-hydrogen) atoms. The number of alkyl halides is 2. The summed E-state index contributed by atoms with van der Waals surface area (Å²) in [6.07, 6.45) is 2.53. The number of amides is 1. The largest absolute Gasteiger partial charge is 0.481 e. The number of anilines is 1. The van der Waals surface area contributed by atoms with E-state index in [4.69, 9.17) is 10.00 Å². The van der Waals surface area contributed by atoms with Crippen molar-refractivity contribution in [2.45, 2.75) is 43.7 Å². The van der Waals surface area contributed by atoms with E-state index in [1.165, 1.54) is 25.3 Å². The lowest BCUT2D eigenvalue weighted by Crippen LogP contribution is -2.55. The van der Waals surface area contributed by atoms with Crippen LogP contribution in [0, 0.1) is 11.3 Å². The van der Waals surface area contributed by atoms with Gasteiger partial charge in [0.05, 0.1) is 12.7 Å². The molecule has 2 aromatic heterocycles. The fourth-order valence-electron chi connectivity index (χ4n) is 4.37. The molecule has 0 N–H and O–H groups in total. The number of pyridine rings is 2. The van der Waals surface area contributed by atoms with Gasteiger partial charge in [-0.3, -0.25) is 4.79 Å². The fourth-order valence-corrected chi connectivity index (χ4v) is 4.37. The minimum Gasteiger partial charge on any atom is -0.481 e. The van der Waals surface area contributed by atoms with Crippen molar-refractivity contribution in [3.63, 3.8) is 0 Å². The number of likely N-dealkylation sites (tertiary alicyclic amines) is 1. The summed E-state index contributed by atoms with van der Waals surface area (Å²) in [7, 11) is 1.37. The Hall–Kier alpha value is -3.28. The van der Waals surface area contributed by atoms with Gasteiger partial charge in [0.1, 0.15) is 17.6 Å². The van der Waals surface area contributed by atoms with Crippen LogP contribution in [-0.4, -0.2) is 53.1 Å². The van der Waals surface area contributed by atoms with E-state index in [1.54, 1.807) is 17.2 Å². The van der Waals surface area contributed by atoms with Crippen molar-refractivity contribution in [2.75, 3.05) is 25.1 Å². The summed E-state index contributed by atoms with van der Waals surface area (Å²) in [6.45, 7) is 0.972. The molecular weight excluding hydrogens is 404 g/mol. The molecule has 2 aromatic rings. The lowest BCUT2D eigenvalue weighted by molar-refractivity contribution is -0.134. The van der Waals surface area contributed by atoms with Crippen molar-refractivity contribution in [1.29, 1.82) is 5.26 Å². The standard InChI is InChI=1S/C22H23F2N5O2/c1-31-20-4-2-3-18(27-20)22(23,24)10-9-21(30)28-13-16-6-7-17(14-28)29(16)19-8-5-15(11-25)12-26-19/h2-5,8,12,16-17H,6-7,9-10,13-14H2,1H3. The van der Waals surface area contributed by atoms with Gasteiger partial charge in [0, 0.05) is 50.3 Å². The number of aromatic nitrogens is 2. The Kier molecular flexibility index (Phi) is 5.72. The van der Waals surface area contributed by atoms with Crippen molar-refractivity contribution in [3.05, 3.63) is 47.8 Å². The molecule has 0 saturated carbocycles. The van der Waals surface area contributed by atoms with Crippen LogP contribution < -0.4 is 9.64 Å². The van der Waals surface area contributed by atoms with Gasteiger partial charge in [-0.15, -0.1) is 0 Å². The first-order valence-electron chi connectivity index (χ1n) is 10.2. The second-order valence-electron chi connectivity index (χ2n) is 7.88. The molecule has 0 radical (unpaired) electrons. The van der Waals surface area contributed by atoms with Gasteiger partial charge in [0.15, 0.2) is 0 Å². The Morgan fingerprint density at radius 2 is 2.00 bits per heavy atom. The fraction of sp³-hybridized carbons (Fsp3) is 0.455. The average Bonchev–Trinajstić information content (AvgIpc) is 3.06. The van der Waals surface area contributed by atoms with E-state index in [0.29, 0.717) is 18.7 Å². The summed E-state index contributed by atoms with van der Waals surface area (Å²) >= 11 is 0. The molecule has 0 aromatic carbocycles. The van der Waals surface area contributed by atoms with Crippen molar-refractivity contribution in [2.24, 2.45) is 0 Å². The van der Waals surface area contributed by atoms with E-state index in [-0.39, 0.29) is 30.3 Å². The number of ether oxygens (including phenoxy) is 1. The maximum atomic E-state index is 14.6. The summed E-state index contributed by atoms with van der Waals surface area (Å²) in [5.41, 5.74) is 0.104. The molecule has 1 amide bonds. The molecule has 9 heteroatoms. The number of hydrogen-bond acceptors (Lipinski definition) is 6. The number of nitrogens with zero attached hydrogens (tertiary/aromatic N) is 5. The van der Waals surface area contributed by atoms with Crippen LogP contribution >= 0.6 is 0 Å². The van der Waals surface area contributed by atoms with Gasteiger partial charge in [0.25, 0.3) is 5.92 Å². The van der Waals surface area contributed by atoms with Crippen LogP contribution in [0.1, 0.15) is 36.9 Å². The van der Waals surface area contributed by atoms with Crippen LogP contribution in [0.3, 0.4) is 0 Å². The third-order valence-corrected chi connectivity index (χ3v) is 5.94. The van der Waals surface area contributed by atoms with E-state index in [2.05, 4.69) is 20.9 Å². The molecule has 2 saturated heterocycles. The first-order chi connectivity index (χ1) is 14.9. The molecule has 0 aliphatic carbocycles. The highest BCUT2D eigenvalue weighted by molar-refractivity contribution is 5.77. The monoisotopic (exact) mass is 427 g/mol. The van der Waals surface area contributed by atoms with Gasteiger partial charge in [-0.2, -0.15) is 14.0 Å². The molecular formula is C22H23F2N5O2. The summed E-state index contributed by atoms with van der Waals surface area (Å²) in [4.78, 5) is 24.8. The molecule has 2 bridgehead atoms. The highest BCUT2D eigenvalue weighted by Gasteiger charge is 2.42. The third-order valence-electron chi connectivity index (χ3n) is 5.94. The first-order valence-corrected chi connectivity index (χ1v) is 10.2. The van der Waals surface area contributed by atoms with Crippen molar-refractivity contribution in [3.8, 4) is 11.9 Å². The van der Waals surface area contributed by atoms with Gasteiger partial charge in [-0.05, 0) is 31.0 Å². The van der Waals surface area contributed by atoms with Crippen molar-refractivity contribution < 1.29 is 18.3 Å². The molecule has 7 nitrogen and oxygen atoms in total. The smallest absolute Gasteiger partial charge is 0.290 e. The molecule has 162 valence electrons. The Labute approximate surface area is 179 Å². The third kappa shape index (κ3) is 4.29. The van der Waals surface area contributed by atoms with E-state index < -0.39 is 18.0 Å². The molecule has 2 unspecified atom stereocenters. The van der Waals surface area contributed by atoms with E-state index in [1.807, 2.05) is 6.07 Å². The second kappa shape index (κ2) is 8.46. The Morgan fingerprint density at radius 3 is 2.61 bits per heavy atom. The lowest BCUT2D eigenvalue weighted by atomic mass is 10.1. The van der Waals surface area contributed by atoms with Gasteiger partial charge in [0.2, 0.25) is 11.8 Å². The minimum atomic E-state index is -3.21. The Morgan fingerprint density at radius 1 is 1.26 bits per heavy atom. The predicted molar refractivity (Wildman–Crippen MR) is 109 cm³/mol. The van der Waals surface area contributed by atoms with Gasteiger partial charge >= 0.3 is 0 Å².